The summed E-state index contributed by atoms with van der Waals surface area (Å²) in [5, 5.41) is 3.11. The van der Waals surface area contributed by atoms with Crippen molar-refractivity contribution in [3.63, 3.8) is 0 Å². The van der Waals surface area contributed by atoms with E-state index in [1.165, 1.54) is 54.6 Å². The summed E-state index contributed by atoms with van der Waals surface area (Å²) >= 11 is 0. The Morgan fingerprint density at radius 3 is 2.08 bits per heavy atom. The van der Waals surface area contributed by atoms with E-state index in [0.717, 1.165) is 63.2 Å². The molecule has 4 heterocycles. The number of nitrogens with one attached hydrogen (secondary N) is 1. The molecule has 0 radical (unpaired) electrons. The van der Waals surface area contributed by atoms with Crippen molar-refractivity contribution in [2.75, 3.05) is 58.2 Å². The Morgan fingerprint density at radius 2 is 1.38 bits per heavy atom. The number of benzene rings is 2. The monoisotopic (exact) mass is 709 g/mol. The van der Waals surface area contributed by atoms with Crippen molar-refractivity contribution in [1.29, 1.82) is 0 Å². The lowest BCUT2D eigenvalue weighted by Gasteiger charge is -2.42. The number of nitrogens with zero attached hydrogens (tertiary/aromatic N) is 4. The quantitative estimate of drug-likeness (QED) is 0.329. The number of amides is 4. The van der Waals surface area contributed by atoms with Gasteiger partial charge in [-0.15, -0.1) is 0 Å². The Balaban J connectivity index is 1.03. The Kier molecular flexibility index (Phi) is 10.8. The highest BCUT2D eigenvalue weighted by atomic mass is 16.2. The van der Waals surface area contributed by atoms with Crippen molar-refractivity contribution < 1.29 is 14.4 Å². The Labute approximate surface area is 312 Å². The number of piperidine rings is 3. The van der Waals surface area contributed by atoms with E-state index in [-0.39, 0.29) is 47.1 Å². The molecule has 0 bridgehead atoms. The normalized spacial score (nSPS) is 23.7. The number of rotatable bonds is 7. The predicted molar refractivity (Wildman–Crippen MR) is 209 cm³/mol. The first-order valence-electron chi connectivity index (χ1n) is 20.4. The molecule has 4 amide bonds. The van der Waals surface area contributed by atoms with Crippen LogP contribution in [0.1, 0.15) is 108 Å². The second kappa shape index (κ2) is 15.2. The summed E-state index contributed by atoms with van der Waals surface area (Å²) in [5.74, 6) is 1.32. The van der Waals surface area contributed by atoms with Crippen LogP contribution in [0.25, 0.3) is 0 Å². The van der Waals surface area contributed by atoms with Crippen LogP contribution in [0.3, 0.4) is 0 Å². The largest absolute Gasteiger partial charge is 0.343 e. The second-order valence-corrected chi connectivity index (χ2v) is 18.2. The first kappa shape index (κ1) is 36.9. The summed E-state index contributed by atoms with van der Waals surface area (Å²) in [6.45, 7) is 15.3. The molecule has 2 aromatic rings. The topological polar surface area (TPSA) is 76.2 Å². The van der Waals surface area contributed by atoms with Gasteiger partial charge in [-0.2, -0.15) is 0 Å². The highest BCUT2D eigenvalue weighted by Gasteiger charge is 2.39. The molecule has 1 N–H and O–H groups in total. The van der Waals surface area contributed by atoms with Gasteiger partial charge in [0.05, 0.1) is 5.92 Å². The lowest BCUT2D eigenvalue weighted by atomic mass is 9.63. The predicted octanol–water partition coefficient (Wildman–Crippen LogP) is 7.25. The minimum atomic E-state index is -0.377. The standard InChI is InChI=1S/C44H63N5O3/c1-43(2)19-20-44(3,4)38-29-31(10-11-37(38)43)28-35(41(51)48-23-14-33(15-24-48)32-12-21-46(5)22-13-32)30-40(50)47-25-17-36(18-26-47)49-27-16-34-8-6-7-9-39(34)45-42(49)52/h6-11,29,32-33,35-36H,12-28,30H2,1-5H3,(H,45,52). The lowest BCUT2D eigenvalue weighted by Crippen LogP contribution is -2.50. The molecule has 2 aromatic carbocycles. The number of para-hydroxylation sites is 1. The average molecular weight is 710 g/mol. The molecule has 52 heavy (non-hydrogen) atoms. The van der Waals surface area contributed by atoms with Gasteiger partial charge in [0, 0.05) is 50.9 Å². The summed E-state index contributed by atoms with van der Waals surface area (Å²) < 4.78 is 0. The smallest absolute Gasteiger partial charge is 0.322 e. The van der Waals surface area contributed by atoms with Gasteiger partial charge in [0.25, 0.3) is 0 Å². The van der Waals surface area contributed by atoms with Crippen molar-refractivity contribution >= 4 is 23.5 Å². The van der Waals surface area contributed by atoms with Crippen LogP contribution in [0.5, 0.6) is 0 Å². The molecule has 1 atom stereocenters. The third-order valence-electron chi connectivity index (χ3n) is 13.9. The third kappa shape index (κ3) is 7.93. The van der Waals surface area contributed by atoms with Crippen LogP contribution in [0.4, 0.5) is 10.5 Å². The number of urea groups is 1. The summed E-state index contributed by atoms with van der Waals surface area (Å²) in [4.78, 5) is 50.3. The number of hydrogen-bond donors (Lipinski definition) is 1. The van der Waals surface area contributed by atoms with Gasteiger partial charge in [-0.25, -0.2) is 4.79 Å². The highest BCUT2D eigenvalue weighted by molar-refractivity contribution is 5.91. The Bertz CT molecular complexity index is 1610. The third-order valence-corrected chi connectivity index (χ3v) is 13.9. The number of carbonyl (C=O) groups is 3. The van der Waals surface area contributed by atoms with Crippen molar-refractivity contribution in [2.24, 2.45) is 17.8 Å². The van der Waals surface area contributed by atoms with Gasteiger partial charge in [0.1, 0.15) is 0 Å². The molecule has 0 saturated carbocycles. The van der Waals surface area contributed by atoms with Crippen molar-refractivity contribution in [3.8, 4) is 0 Å². The molecular weight excluding hydrogens is 647 g/mol. The molecule has 7 rings (SSSR count). The first-order valence-corrected chi connectivity index (χ1v) is 20.4. The van der Waals surface area contributed by atoms with Crippen molar-refractivity contribution in [1.82, 2.24) is 19.6 Å². The van der Waals surface area contributed by atoms with E-state index in [0.29, 0.717) is 32.0 Å². The molecule has 3 fully saturated rings. The van der Waals surface area contributed by atoms with Crippen molar-refractivity contribution in [3.05, 3.63) is 64.7 Å². The van der Waals surface area contributed by atoms with Crippen LogP contribution in [0.2, 0.25) is 0 Å². The number of anilines is 1. The van der Waals surface area contributed by atoms with Crippen LogP contribution < -0.4 is 5.32 Å². The van der Waals surface area contributed by atoms with E-state index >= 15 is 0 Å². The lowest BCUT2D eigenvalue weighted by molar-refractivity contribution is -0.143. The van der Waals surface area contributed by atoms with Crippen LogP contribution >= 0.6 is 0 Å². The zero-order valence-electron chi connectivity index (χ0n) is 32.6. The van der Waals surface area contributed by atoms with Crippen LogP contribution in [0.15, 0.2) is 42.5 Å². The van der Waals surface area contributed by atoms with E-state index in [9.17, 15) is 14.4 Å². The van der Waals surface area contributed by atoms with Crippen LogP contribution in [-0.4, -0.2) is 96.3 Å². The van der Waals surface area contributed by atoms with E-state index in [1.54, 1.807) is 0 Å². The summed E-state index contributed by atoms with van der Waals surface area (Å²) in [6, 6.07) is 15.0. The maximum Gasteiger partial charge on any atom is 0.322 e. The van der Waals surface area contributed by atoms with Crippen molar-refractivity contribution in [2.45, 2.75) is 115 Å². The van der Waals surface area contributed by atoms with Gasteiger partial charge in [0.15, 0.2) is 0 Å². The summed E-state index contributed by atoms with van der Waals surface area (Å²) in [6.07, 6.45) is 10.2. The fraction of sp³-hybridized carbons (Fsp3) is 0.659. The van der Waals surface area contributed by atoms with Crippen LogP contribution in [-0.2, 0) is 33.3 Å². The fourth-order valence-electron chi connectivity index (χ4n) is 10.1. The fourth-order valence-corrected chi connectivity index (χ4v) is 10.1. The molecule has 8 heteroatoms. The van der Waals surface area contributed by atoms with Gasteiger partial charge in [-0.05, 0) is 135 Å². The number of hydrogen-bond acceptors (Lipinski definition) is 4. The molecular formula is C44H63N5O3. The molecule has 0 aromatic heterocycles. The molecule has 4 aliphatic heterocycles. The van der Waals surface area contributed by atoms with Gasteiger partial charge >= 0.3 is 6.03 Å². The SMILES string of the molecule is CN1CCC(C2CCN(C(=O)C(CC(=O)N3CCC(N4CCc5ccccc5NC4=O)CC3)Cc3ccc4c(c3)C(C)(C)CCC4(C)C)CC2)CC1. The first-order chi connectivity index (χ1) is 24.9. The number of carbonyl (C=O) groups excluding carboxylic acids is 3. The van der Waals surface area contributed by atoms with E-state index < -0.39 is 0 Å². The zero-order chi connectivity index (χ0) is 36.6. The second-order valence-electron chi connectivity index (χ2n) is 18.2. The number of fused-ring (bicyclic) bond motifs is 2. The zero-order valence-corrected chi connectivity index (χ0v) is 32.6. The Morgan fingerprint density at radius 1 is 0.769 bits per heavy atom. The molecule has 282 valence electrons. The number of likely N-dealkylation sites (tertiary alicyclic amines) is 3. The average Bonchev–Trinajstić information content (AvgIpc) is 3.31. The molecule has 0 spiro atoms. The van der Waals surface area contributed by atoms with Gasteiger partial charge in [0.2, 0.25) is 11.8 Å². The maximum atomic E-state index is 14.5. The summed E-state index contributed by atoms with van der Waals surface area (Å²) in [5.41, 5.74) is 6.28. The van der Waals surface area contributed by atoms with E-state index in [4.69, 9.17) is 0 Å². The van der Waals surface area contributed by atoms with Crippen LogP contribution in [0, 0.1) is 17.8 Å². The molecule has 3 saturated heterocycles. The summed E-state index contributed by atoms with van der Waals surface area (Å²) in [7, 11) is 2.22. The molecule has 8 nitrogen and oxygen atoms in total. The highest BCUT2D eigenvalue weighted by Crippen LogP contribution is 2.46. The molecule has 5 aliphatic rings. The van der Waals surface area contributed by atoms with E-state index in [2.05, 4.69) is 74.1 Å². The Hall–Kier alpha value is -3.39. The minimum Gasteiger partial charge on any atom is -0.343 e. The van der Waals surface area contributed by atoms with Gasteiger partial charge in [-0.1, -0.05) is 64.1 Å². The molecule has 1 aliphatic carbocycles. The van der Waals surface area contributed by atoms with E-state index in [1.807, 2.05) is 28.0 Å². The van der Waals surface area contributed by atoms with Gasteiger partial charge < -0.3 is 24.9 Å². The maximum absolute atomic E-state index is 14.5. The molecule has 1 unspecified atom stereocenters. The minimum absolute atomic E-state index is 0.0448. The van der Waals surface area contributed by atoms with Gasteiger partial charge in [-0.3, -0.25) is 9.59 Å².